The van der Waals surface area contributed by atoms with E-state index < -0.39 is 5.54 Å². The van der Waals surface area contributed by atoms with E-state index >= 15 is 0 Å². The molecule has 1 saturated heterocycles. The van der Waals surface area contributed by atoms with Crippen LogP contribution in [0.5, 0.6) is 5.75 Å². The van der Waals surface area contributed by atoms with Gasteiger partial charge in [-0.25, -0.2) is 0 Å². The molecule has 0 bridgehead atoms. The monoisotopic (exact) mass is 357 g/mol. The summed E-state index contributed by atoms with van der Waals surface area (Å²) in [4.78, 5) is 14.4. The molecule has 1 heterocycles. The van der Waals surface area contributed by atoms with Gasteiger partial charge in [0, 0.05) is 7.05 Å². The van der Waals surface area contributed by atoms with Crippen molar-refractivity contribution in [2.45, 2.75) is 63.8 Å². The minimum atomic E-state index is -0.818. The number of nitrogens with zero attached hydrogens (tertiary/aromatic N) is 1. The molecule has 26 heavy (non-hydrogen) atoms. The van der Waals surface area contributed by atoms with Gasteiger partial charge < -0.3 is 10.1 Å². The molecule has 142 valence electrons. The lowest BCUT2D eigenvalue weighted by Crippen LogP contribution is -2.53. The lowest BCUT2D eigenvalue weighted by molar-refractivity contribution is -0.132. The van der Waals surface area contributed by atoms with E-state index in [-0.39, 0.29) is 18.5 Å². The molecule has 1 aliphatic heterocycles. The van der Waals surface area contributed by atoms with Crippen molar-refractivity contribution in [3.05, 3.63) is 29.8 Å². The van der Waals surface area contributed by atoms with Crippen molar-refractivity contribution in [2.24, 2.45) is 5.92 Å². The predicted octanol–water partition coefficient (Wildman–Crippen LogP) is 3.89. The van der Waals surface area contributed by atoms with Crippen molar-refractivity contribution in [1.82, 2.24) is 10.2 Å². The summed E-state index contributed by atoms with van der Waals surface area (Å²) in [6, 6.07) is 8.08. The van der Waals surface area contributed by atoms with Crippen LogP contribution < -0.4 is 10.1 Å². The zero-order valence-electron chi connectivity index (χ0n) is 16.2. The van der Waals surface area contributed by atoms with Crippen LogP contribution in [0.4, 0.5) is 0 Å². The average Bonchev–Trinajstić information content (AvgIpc) is 2.85. The van der Waals surface area contributed by atoms with Gasteiger partial charge in [0.1, 0.15) is 12.4 Å². The summed E-state index contributed by atoms with van der Waals surface area (Å²) in [7, 11) is 1.67. The minimum absolute atomic E-state index is 0.0481. The van der Waals surface area contributed by atoms with Crippen molar-refractivity contribution >= 4 is 11.9 Å². The lowest BCUT2D eigenvalue weighted by atomic mass is 9.79. The number of nitrogens with one attached hydrogen (secondary N) is 2. The summed E-state index contributed by atoms with van der Waals surface area (Å²) in [5.74, 6) is 1.86. The van der Waals surface area contributed by atoms with Gasteiger partial charge >= 0.3 is 0 Å². The highest BCUT2D eigenvalue weighted by Gasteiger charge is 2.50. The van der Waals surface area contributed by atoms with Gasteiger partial charge in [-0.1, -0.05) is 58.1 Å². The maximum absolute atomic E-state index is 13.0. The number of carbonyl (C=O) groups is 1. The SMILES string of the molecule is CC(C)c1cccc(OCC2(CC3CCCCC3)NC(=N)N(C)C2=O)c1. The normalized spacial score (nSPS) is 24.2. The number of likely N-dealkylation sites (N-methyl/N-ethyl adjacent to an activating group) is 1. The van der Waals surface area contributed by atoms with Crippen LogP contribution in [-0.2, 0) is 4.79 Å². The first-order valence-corrected chi connectivity index (χ1v) is 9.79. The molecule has 1 atom stereocenters. The third-order valence-electron chi connectivity index (χ3n) is 5.78. The van der Waals surface area contributed by atoms with Crippen molar-refractivity contribution in [1.29, 1.82) is 5.41 Å². The van der Waals surface area contributed by atoms with Crippen molar-refractivity contribution in [3.63, 3.8) is 0 Å². The first kappa shape index (κ1) is 18.7. The molecular weight excluding hydrogens is 326 g/mol. The fourth-order valence-electron chi connectivity index (χ4n) is 4.14. The quantitative estimate of drug-likeness (QED) is 0.812. The van der Waals surface area contributed by atoms with Gasteiger partial charge in [-0.3, -0.25) is 15.1 Å². The average molecular weight is 357 g/mol. The molecule has 0 aromatic heterocycles. The summed E-state index contributed by atoms with van der Waals surface area (Å²) in [5.41, 5.74) is 0.404. The van der Waals surface area contributed by atoms with Crippen LogP contribution in [0.25, 0.3) is 0 Å². The molecule has 1 aromatic carbocycles. The molecule has 1 aliphatic carbocycles. The molecule has 1 saturated carbocycles. The summed E-state index contributed by atoms with van der Waals surface area (Å²) >= 11 is 0. The number of hydrogen-bond acceptors (Lipinski definition) is 3. The van der Waals surface area contributed by atoms with E-state index in [9.17, 15) is 4.79 Å². The summed E-state index contributed by atoms with van der Waals surface area (Å²) < 4.78 is 6.09. The van der Waals surface area contributed by atoms with Gasteiger partial charge in [-0.05, 0) is 36.0 Å². The molecule has 1 aromatic rings. The third kappa shape index (κ3) is 3.87. The highest BCUT2D eigenvalue weighted by Crippen LogP contribution is 2.34. The van der Waals surface area contributed by atoms with E-state index in [0.717, 1.165) is 25.0 Å². The van der Waals surface area contributed by atoms with E-state index in [4.69, 9.17) is 10.1 Å². The van der Waals surface area contributed by atoms with Crippen LogP contribution in [0, 0.1) is 11.3 Å². The smallest absolute Gasteiger partial charge is 0.258 e. The number of ether oxygens (including phenoxy) is 1. The number of rotatable bonds is 6. The molecule has 2 aliphatic rings. The predicted molar refractivity (Wildman–Crippen MR) is 104 cm³/mol. The van der Waals surface area contributed by atoms with E-state index in [2.05, 4.69) is 25.2 Å². The van der Waals surface area contributed by atoms with Crippen LogP contribution >= 0.6 is 0 Å². The van der Waals surface area contributed by atoms with Crippen molar-refractivity contribution in [2.75, 3.05) is 13.7 Å². The molecule has 2 N–H and O–H groups in total. The second-order valence-electron chi connectivity index (χ2n) is 8.14. The Morgan fingerprint density at radius 3 is 2.65 bits per heavy atom. The summed E-state index contributed by atoms with van der Waals surface area (Å²) in [6.07, 6.45) is 6.83. The fraction of sp³-hybridized carbons (Fsp3) is 0.619. The fourth-order valence-corrected chi connectivity index (χ4v) is 4.14. The number of carbonyl (C=O) groups excluding carboxylic acids is 1. The molecule has 0 radical (unpaired) electrons. The standard InChI is InChI=1S/C21H31N3O2/c1-15(2)17-10-7-11-18(12-17)26-14-21(13-16-8-5-4-6-9-16)19(25)24(3)20(22)23-21/h7,10-12,15-16H,4-6,8-9,13-14H2,1-3H3,(H2,22,23). The zero-order chi connectivity index (χ0) is 18.7. The molecule has 5 nitrogen and oxygen atoms in total. The molecule has 5 heteroatoms. The first-order valence-electron chi connectivity index (χ1n) is 9.79. The second kappa shape index (κ2) is 7.68. The maximum Gasteiger partial charge on any atom is 0.258 e. The molecule has 1 amide bonds. The summed E-state index contributed by atoms with van der Waals surface area (Å²) in [5, 5.41) is 11.2. The third-order valence-corrected chi connectivity index (χ3v) is 5.78. The highest BCUT2D eigenvalue weighted by molar-refractivity contribution is 6.07. The lowest BCUT2D eigenvalue weighted by Gasteiger charge is -2.32. The Balaban J connectivity index is 1.77. The Kier molecular flexibility index (Phi) is 5.54. The molecule has 2 fully saturated rings. The van der Waals surface area contributed by atoms with Gasteiger partial charge in [0.15, 0.2) is 11.5 Å². The van der Waals surface area contributed by atoms with Gasteiger partial charge in [-0.2, -0.15) is 0 Å². The minimum Gasteiger partial charge on any atom is -0.491 e. The molecule has 3 rings (SSSR count). The van der Waals surface area contributed by atoms with Crippen LogP contribution in [-0.4, -0.2) is 36.0 Å². The van der Waals surface area contributed by atoms with E-state index in [1.54, 1.807) is 7.05 Å². The van der Waals surface area contributed by atoms with Crippen molar-refractivity contribution < 1.29 is 9.53 Å². The van der Waals surface area contributed by atoms with Crippen LogP contribution in [0.3, 0.4) is 0 Å². The number of benzene rings is 1. The Morgan fingerprint density at radius 2 is 2.04 bits per heavy atom. The second-order valence-corrected chi connectivity index (χ2v) is 8.14. The summed E-state index contributed by atoms with van der Waals surface area (Å²) in [6.45, 7) is 4.57. The van der Waals surface area contributed by atoms with E-state index in [0.29, 0.717) is 11.8 Å². The van der Waals surface area contributed by atoms with Gasteiger partial charge in [-0.15, -0.1) is 0 Å². The van der Waals surface area contributed by atoms with Gasteiger partial charge in [0.25, 0.3) is 5.91 Å². The number of amides is 1. The number of guanidine groups is 1. The Hall–Kier alpha value is -2.04. The zero-order valence-corrected chi connectivity index (χ0v) is 16.2. The maximum atomic E-state index is 13.0. The van der Waals surface area contributed by atoms with Gasteiger partial charge in [0.2, 0.25) is 0 Å². The highest BCUT2D eigenvalue weighted by atomic mass is 16.5. The Bertz CT molecular complexity index is 667. The van der Waals surface area contributed by atoms with Gasteiger partial charge in [0.05, 0.1) is 0 Å². The Morgan fingerprint density at radius 1 is 1.31 bits per heavy atom. The topological polar surface area (TPSA) is 65.4 Å². The van der Waals surface area contributed by atoms with Crippen molar-refractivity contribution in [3.8, 4) is 5.75 Å². The molecular formula is C21H31N3O2. The number of hydrogen-bond donors (Lipinski definition) is 2. The van der Waals surface area contributed by atoms with Crippen LogP contribution in [0.1, 0.15) is 63.9 Å². The first-order chi connectivity index (χ1) is 12.4. The van der Waals surface area contributed by atoms with E-state index in [1.807, 2.05) is 18.2 Å². The molecule has 1 unspecified atom stereocenters. The largest absolute Gasteiger partial charge is 0.491 e. The Labute approximate surface area is 156 Å². The molecule has 0 spiro atoms. The van der Waals surface area contributed by atoms with Crippen LogP contribution in [0.15, 0.2) is 24.3 Å². The van der Waals surface area contributed by atoms with E-state index in [1.165, 1.54) is 29.7 Å². The van der Waals surface area contributed by atoms with Crippen LogP contribution in [0.2, 0.25) is 0 Å².